The lowest BCUT2D eigenvalue weighted by molar-refractivity contribution is 0.215. The van der Waals surface area contributed by atoms with E-state index in [9.17, 15) is 4.79 Å². The van der Waals surface area contributed by atoms with Gasteiger partial charge in [-0.1, -0.05) is 23.8 Å². The Labute approximate surface area is 133 Å². The molecule has 1 aromatic carbocycles. The van der Waals surface area contributed by atoms with Crippen LogP contribution < -0.4 is 5.32 Å². The first-order valence-electron chi connectivity index (χ1n) is 6.95. The summed E-state index contributed by atoms with van der Waals surface area (Å²) in [6, 6.07) is 10.2. The van der Waals surface area contributed by atoms with E-state index in [0.717, 1.165) is 23.5 Å². The molecule has 21 heavy (non-hydrogen) atoms. The van der Waals surface area contributed by atoms with Crippen LogP contribution in [0.25, 0.3) is 0 Å². The largest absolute Gasteiger partial charge is 0.323 e. The van der Waals surface area contributed by atoms with E-state index in [0.29, 0.717) is 0 Å². The predicted molar refractivity (Wildman–Crippen MR) is 91.2 cm³/mol. The molecular formula is C16H18N2OS2. The summed E-state index contributed by atoms with van der Waals surface area (Å²) in [5.74, 6) is 0.989. The topological polar surface area (TPSA) is 32.3 Å². The van der Waals surface area contributed by atoms with Crippen LogP contribution in [0.3, 0.4) is 0 Å². The maximum atomic E-state index is 12.6. The maximum absolute atomic E-state index is 12.6. The first kappa shape index (κ1) is 14.5. The number of amides is 2. The van der Waals surface area contributed by atoms with Crippen molar-refractivity contribution in [1.29, 1.82) is 0 Å². The molecule has 0 aliphatic carbocycles. The van der Waals surface area contributed by atoms with E-state index in [-0.39, 0.29) is 11.4 Å². The summed E-state index contributed by atoms with van der Waals surface area (Å²) in [6.45, 7) is 4.88. The number of hydrogen-bond donors (Lipinski definition) is 1. The standard InChI is InChI=1S/C16H18N2OS2/c1-11-5-6-13(12(2)10-11)17-16(19)18-7-9-21-15(18)14-4-3-8-20-14/h3-6,8,10,15H,7,9H2,1-2H3,(H,17,19). The second-order valence-electron chi connectivity index (χ2n) is 5.18. The predicted octanol–water partition coefficient (Wildman–Crippen LogP) is 4.64. The average Bonchev–Trinajstić information content (AvgIpc) is 3.10. The van der Waals surface area contributed by atoms with Crippen LogP contribution >= 0.6 is 23.1 Å². The number of carbonyl (C=O) groups is 1. The summed E-state index contributed by atoms with van der Waals surface area (Å²) in [4.78, 5) is 15.7. The van der Waals surface area contributed by atoms with Gasteiger partial charge in [0.1, 0.15) is 5.37 Å². The SMILES string of the molecule is Cc1ccc(NC(=O)N2CCSC2c2cccs2)c(C)c1. The van der Waals surface area contributed by atoms with E-state index < -0.39 is 0 Å². The van der Waals surface area contributed by atoms with Gasteiger partial charge in [-0.05, 0) is 36.9 Å². The minimum absolute atomic E-state index is 0.00893. The van der Waals surface area contributed by atoms with Crippen LogP contribution in [0.15, 0.2) is 35.7 Å². The Bertz CT molecular complexity index is 640. The number of carbonyl (C=O) groups excluding carboxylic acids is 1. The molecule has 1 aliphatic rings. The van der Waals surface area contributed by atoms with Crippen LogP contribution in [0, 0.1) is 13.8 Å². The van der Waals surface area contributed by atoms with Gasteiger partial charge < -0.3 is 10.2 Å². The van der Waals surface area contributed by atoms with Gasteiger partial charge in [-0.2, -0.15) is 0 Å². The van der Waals surface area contributed by atoms with Crippen molar-refractivity contribution in [3.63, 3.8) is 0 Å². The first-order chi connectivity index (χ1) is 10.1. The third kappa shape index (κ3) is 3.09. The van der Waals surface area contributed by atoms with E-state index in [2.05, 4.69) is 29.8 Å². The summed E-state index contributed by atoms with van der Waals surface area (Å²) in [5, 5.41) is 5.26. The maximum Gasteiger partial charge on any atom is 0.323 e. The van der Waals surface area contributed by atoms with Gasteiger partial charge in [-0.3, -0.25) is 0 Å². The molecule has 2 aromatic rings. The lowest BCUT2D eigenvalue weighted by Crippen LogP contribution is -2.34. The minimum atomic E-state index is -0.00893. The van der Waals surface area contributed by atoms with Gasteiger partial charge in [-0.15, -0.1) is 23.1 Å². The van der Waals surface area contributed by atoms with Crippen LogP contribution in [0.1, 0.15) is 21.4 Å². The summed E-state index contributed by atoms with van der Waals surface area (Å²) in [7, 11) is 0. The fourth-order valence-corrected chi connectivity index (χ4v) is 4.72. The number of benzene rings is 1. The Hall–Kier alpha value is -1.46. The Morgan fingerprint density at radius 3 is 2.90 bits per heavy atom. The normalized spacial score (nSPS) is 18.0. The van der Waals surface area contributed by atoms with E-state index in [1.54, 1.807) is 11.3 Å². The molecule has 2 heterocycles. The number of hydrogen-bond acceptors (Lipinski definition) is 3. The van der Waals surface area contributed by atoms with Crippen LogP contribution in [-0.4, -0.2) is 23.2 Å². The van der Waals surface area contributed by atoms with Gasteiger partial charge in [0.15, 0.2) is 0 Å². The van der Waals surface area contributed by atoms with Gasteiger partial charge in [0, 0.05) is 22.9 Å². The number of nitrogens with one attached hydrogen (secondary N) is 1. The van der Waals surface area contributed by atoms with Crippen molar-refractivity contribution >= 4 is 34.8 Å². The average molecular weight is 318 g/mol. The van der Waals surface area contributed by atoms with Gasteiger partial charge in [0.05, 0.1) is 0 Å². The molecule has 3 nitrogen and oxygen atoms in total. The van der Waals surface area contributed by atoms with Gasteiger partial charge in [-0.25, -0.2) is 4.79 Å². The van der Waals surface area contributed by atoms with Crippen molar-refractivity contribution in [3.05, 3.63) is 51.7 Å². The molecule has 1 fully saturated rings. The molecule has 110 valence electrons. The molecular weight excluding hydrogens is 300 g/mol. The molecule has 3 rings (SSSR count). The minimum Gasteiger partial charge on any atom is -0.308 e. The third-order valence-corrected chi connectivity index (χ3v) is 5.88. The van der Waals surface area contributed by atoms with Crippen molar-refractivity contribution in [2.45, 2.75) is 19.2 Å². The highest BCUT2D eigenvalue weighted by Crippen LogP contribution is 2.40. The number of anilines is 1. The second kappa shape index (κ2) is 6.12. The van der Waals surface area contributed by atoms with Crippen molar-refractivity contribution in [2.24, 2.45) is 0 Å². The summed E-state index contributed by atoms with van der Waals surface area (Å²) >= 11 is 3.54. The number of nitrogens with zero attached hydrogens (tertiary/aromatic N) is 1. The van der Waals surface area contributed by atoms with Crippen molar-refractivity contribution in [3.8, 4) is 0 Å². The van der Waals surface area contributed by atoms with Crippen LogP contribution in [0.2, 0.25) is 0 Å². The number of urea groups is 1. The molecule has 0 spiro atoms. The van der Waals surface area contributed by atoms with Crippen LogP contribution in [0.5, 0.6) is 0 Å². The van der Waals surface area contributed by atoms with E-state index in [1.165, 1.54) is 10.4 Å². The zero-order valence-corrected chi connectivity index (χ0v) is 13.8. The molecule has 0 saturated carbocycles. The molecule has 1 aromatic heterocycles. The molecule has 1 unspecified atom stereocenters. The molecule has 1 saturated heterocycles. The quantitative estimate of drug-likeness (QED) is 0.874. The molecule has 0 bridgehead atoms. The Morgan fingerprint density at radius 2 is 2.19 bits per heavy atom. The fourth-order valence-electron chi connectivity index (χ4n) is 2.49. The highest BCUT2D eigenvalue weighted by atomic mass is 32.2. The molecule has 1 aliphatic heterocycles. The van der Waals surface area contributed by atoms with Crippen molar-refractivity contribution in [2.75, 3.05) is 17.6 Å². The van der Waals surface area contributed by atoms with Gasteiger partial charge >= 0.3 is 6.03 Å². The molecule has 1 N–H and O–H groups in total. The lowest BCUT2D eigenvalue weighted by atomic mass is 10.1. The van der Waals surface area contributed by atoms with Crippen LogP contribution in [0.4, 0.5) is 10.5 Å². The van der Waals surface area contributed by atoms with Gasteiger partial charge in [0.2, 0.25) is 0 Å². The zero-order chi connectivity index (χ0) is 14.8. The summed E-state index contributed by atoms with van der Waals surface area (Å²) in [5.41, 5.74) is 3.20. The second-order valence-corrected chi connectivity index (χ2v) is 7.35. The third-order valence-electron chi connectivity index (χ3n) is 3.56. The number of rotatable bonds is 2. The van der Waals surface area contributed by atoms with E-state index >= 15 is 0 Å². The zero-order valence-electron chi connectivity index (χ0n) is 12.1. The first-order valence-corrected chi connectivity index (χ1v) is 8.88. The summed E-state index contributed by atoms with van der Waals surface area (Å²) in [6.07, 6.45) is 0. The highest BCUT2D eigenvalue weighted by Gasteiger charge is 2.31. The monoisotopic (exact) mass is 318 g/mol. The molecule has 1 atom stereocenters. The van der Waals surface area contributed by atoms with E-state index in [1.807, 2.05) is 41.8 Å². The molecule has 2 amide bonds. The lowest BCUT2D eigenvalue weighted by Gasteiger charge is -2.23. The Balaban J connectivity index is 1.75. The summed E-state index contributed by atoms with van der Waals surface area (Å²) < 4.78 is 0. The van der Waals surface area contributed by atoms with Gasteiger partial charge in [0.25, 0.3) is 0 Å². The molecule has 0 radical (unpaired) electrons. The Kier molecular flexibility index (Phi) is 4.22. The smallest absolute Gasteiger partial charge is 0.308 e. The molecule has 5 heteroatoms. The highest BCUT2D eigenvalue weighted by molar-refractivity contribution is 7.99. The van der Waals surface area contributed by atoms with Crippen molar-refractivity contribution < 1.29 is 4.79 Å². The van der Waals surface area contributed by atoms with Crippen LogP contribution in [-0.2, 0) is 0 Å². The van der Waals surface area contributed by atoms with Crippen molar-refractivity contribution in [1.82, 2.24) is 4.90 Å². The van der Waals surface area contributed by atoms with E-state index in [4.69, 9.17) is 0 Å². The Morgan fingerprint density at radius 1 is 1.33 bits per heavy atom. The number of thiophene rings is 1. The number of thioether (sulfide) groups is 1. The fraction of sp³-hybridized carbons (Fsp3) is 0.312. The number of aryl methyl sites for hydroxylation is 2.